The van der Waals surface area contributed by atoms with Crippen LogP contribution in [0, 0.1) is 0 Å². The quantitative estimate of drug-likeness (QED) is 0.184. The fourth-order valence-corrected chi connectivity index (χ4v) is 10.1. The minimum atomic E-state index is -1.26. The smallest absolute Gasteiger partial charge is 0.231 e. The molecular formula is C44H56O6P2. The SMILES string of the molecule is COc1c(C(C)(C)C)cc(P(c2cc(C(C)(C)C)c(OC)c(C(C)(C)C)c2)c2ccc3c(c2-c2c(P)ccc4c2OCO4)OCO3)cc1C(C)(C)C. The molecule has 0 radical (unpaired) electrons. The number of rotatable bonds is 6. The van der Waals surface area contributed by atoms with Crippen LogP contribution in [0.4, 0.5) is 0 Å². The van der Waals surface area contributed by atoms with Crippen molar-refractivity contribution in [3.63, 3.8) is 0 Å². The number of methoxy groups -OCH3 is 2. The first kappa shape index (κ1) is 38.3. The van der Waals surface area contributed by atoms with Crippen LogP contribution in [0.2, 0.25) is 0 Å². The molecule has 0 fully saturated rings. The van der Waals surface area contributed by atoms with E-state index in [0.29, 0.717) is 5.75 Å². The summed E-state index contributed by atoms with van der Waals surface area (Å²) in [6.45, 7) is 27.5. The zero-order valence-corrected chi connectivity index (χ0v) is 35.6. The lowest BCUT2D eigenvalue weighted by Gasteiger charge is -2.34. The van der Waals surface area contributed by atoms with E-state index in [9.17, 15) is 0 Å². The average Bonchev–Trinajstić information content (AvgIpc) is 3.73. The maximum atomic E-state index is 6.39. The molecule has 2 aliphatic heterocycles. The highest BCUT2D eigenvalue weighted by Gasteiger charge is 2.37. The number of ether oxygens (including phenoxy) is 6. The summed E-state index contributed by atoms with van der Waals surface area (Å²) in [6.07, 6.45) is 0. The van der Waals surface area contributed by atoms with Crippen molar-refractivity contribution in [1.82, 2.24) is 0 Å². The summed E-state index contributed by atoms with van der Waals surface area (Å²) in [5.74, 6) is 4.77. The third kappa shape index (κ3) is 6.87. The van der Waals surface area contributed by atoms with Crippen molar-refractivity contribution in [1.29, 1.82) is 0 Å². The normalized spacial score (nSPS) is 14.3. The Hall–Kier alpha value is -3.46. The van der Waals surface area contributed by atoms with E-state index in [2.05, 4.69) is 135 Å². The molecule has 0 amide bonds. The van der Waals surface area contributed by atoms with Gasteiger partial charge in [-0.25, -0.2) is 0 Å². The molecule has 1 atom stereocenters. The molecule has 0 bridgehead atoms. The van der Waals surface area contributed by atoms with E-state index < -0.39 is 7.92 Å². The van der Waals surface area contributed by atoms with Crippen LogP contribution in [-0.2, 0) is 21.7 Å². The summed E-state index contributed by atoms with van der Waals surface area (Å²) in [6, 6.07) is 17.9. The van der Waals surface area contributed by atoms with E-state index >= 15 is 0 Å². The lowest BCUT2D eigenvalue weighted by molar-refractivity contribution is 0.173. The predicted molar refractivity (Wildman–Crippen MR) is 220 cm³/mol. The highest BCUT2D eigenvalue weighted by molar-refractivity contribution is 7.80. The number of hydrogen-bond acceptors (Lipinski definition) is 6. The largest absolute Gasteiger partial charge is 0.496 e. The van der Waals surface area contributed by atoms with Gasteiger partial charge in [0, 0.05) is 33.4 Å². The standard InChI is InChI=1S/C44H56O6P2/c1-41(2,3)27-19-25(20-28(37(27)45-13)42(4,5)6)52(26-21-29(43(7,8)9)38(46-14)30(22-26)44(10,11)12)34-18-16-32-40(50-24-48-32)36(34)35-33(51)17-15-31-39(35)49-23-47-31/h15-22H,23-24,51H2,1-14H3. The second-order valence-corrected chi connectivity index (χ2v) is 20.7. The van der Waals surface area contributed by atoms with Gasteiger partial charge in [0.2, 0.25) is 13.6 Å². The molecule has 6 rings (SSSR count). The first-order chi connectivity index (χ1) is 24.2. The average molecular weight is 743 g/mol. The topological polar surface area (TPSA) is 55.4 Å². The fourth-order valence-electron chi connectivity index (χ4n) is 7.22. The second-order valence-electron chi connectivity index (χ2n) is 17.9. The molecule has 0 saturated heterocycles. The molecule has 0 spiro atoms. The van der Waals surface area contributed by atoms with E-state index in [4.69, 9.17) is 28.4 Å². The Morgan fingerprint density at radius 3 is 1.25 bits per heavy atom. The van der Waals surface area contributed by atoms with Gasteiger partial charge in [-0.2, -0.15) is 0 Å². The molecule has 8 heteroatoms. The van der Waals surface area contributed by atoms with Crippen molar-refractivity contribution in [2.75, 3.05) is 27.8 Å². The summed E-state index contributed by atoms with van der Waals surface area (Å²) in [4.78, 5) is 0. The molecule has 0 aromatic heterocycles. The Morgan fingerprint density at radius 2 is 0.885 bits per heavy atom. The number of fused-ring (bicyclic) bond motifs is 2. The van der Waals surface area contributed by atoms with E-state index in [1.54, 1.807) is 14.2 Å². The van der Waals surface area contributed by atoms with Gasteiger partial charge in [-0.1, -0.05) is 89.2 Å². The summed E-state index contributed by atoms with van der Waals surface area (Å²) in [5.41, 5.74) is 5.85. The molecule has 4 aromatic rings. The van der Waals surface area contributed by atoms with Crippen LogP contribution in [0.1, 0.15) is 105 Å². The third-order valence-electron chi connectivity index (χ3n) is 9.88. The molecule has 0 aliphatic carbocycles. The summed E-state index contributed by atoms with van der Waals surface area (Å²) >= 11 is 0. The Morgan fingerprint density at radius 1 is 0.519 bits per heavy atom. The van der Waals surface area contributed by atoms with Gasteiger partial charge in [0.25, 0.3) is 0 Å². The van der Waals surface area contributed by atoms with Crippen LogP contribution in [0.5, 0.6) is 34.5 Å². The highest BCUT2D eigenvalue weighted by Crippen LogP contribution is 2.53. The lowest BCUT2D eigenvalue weighted by atomic mass is 9.79. The van der Waals surface area contributed by atoms with Crippen molar-refractivity contribution >= 4 is 38.4 Å². The van der Waals surface area contributed by atoms with Gasteiger partial charge < -0.3 is 28.4 Å². The van der Waals surface area contributed by atoms with E-state index in [0.717, 1.165) is 50.5 Å². The van der Waals surface area contributed by atoms with Crippen LogP contribution < -0.4 is 49.6 Å². The summed E-state index contributed by atoms with van der Waals surface area (Å²) in [5, 5.41) is 4.59. The zero-order valence-electron chi connectivity index (χ0n) is 33.5. The first-order valence-electron chi connectivity index (χ1n) is 18.0. The van der Waals surface area contributed by atoms with Crippen LogP contribution in [0.15, 0.2) is 48.5 Å². The number of benzene rings is 4. The van der Waals surface area contributed by atoms with Gasteiger partial charge >= 0.3 is 0 Å². The molecule has 278 valence electrons. The van der Waals surface area contributed by atoms with Gasteiger partial charge in [0.05, 0.1) is 14.2 Å². The van der Waals surface area contributed by atoms with Gasteiger partial charge in [-0.05, 0) is 93.3 Å². The minimum Gasteiger partial charge on any atom is -0.496 e. The monoisotopic (exact) mass is 742 g/mol. The van der Waals surface area contributed by atoms with Gasteiger partial charge in [-0.3, -0.25) is 0 Å². The molecule has 4 aromatic carbocycles. The molecule has 0 N–H and O–H groups in total. The maximum Gasteiger partial charge on any atom is 0.231 e. The van der Waals surface area contributed by atoms with Crippen LogP contribution in [0.25, 0.3) is 11.1 Å². The van der Waals surface area contributed by atoms with Gasteiger partial charge in [0.15, 0.2) is 23.0 Å². The molecule has 6 nitrogen and oxygen atoms in total. The van der Waals surface area contributed by atoms with Crippen molar-refractivity contribution < 1.29 is 28.4 Å². The molecule has 0 saturated carbocycles. The van der Waals surface area contributed by atoms with Crippen LogP contribution in [0.3, 0.4) is 0 Å². The second kappa shape index (κ2) is 13.4. The van der Waals surface area contributed by atoms with Crippen LogP contribution in [-0.4, -0.2) is 27.8 Å². The molecule has 2 aliphatic rings. The molecule has 52 heavy (non-hydrogen) atoms. The van der Waals surface area contributed by atoms with Crippen molar-refractivity contribution in [3.8, 4) is 45.6 Å². The summed E-state index contributed by atoms with van der Waals surface area (Å²) < 4.78 is 37.2. The zero-order chi connectivity index (χ0) is 38.1. The Balaban J connectivity index is 1.83. The maximum absolute atomic E-state index is 6.39. The Bertz CT molecular complexity index is 1870. The first-order valence-corrected chi connectivity index (χ1v) is 20.0. The van der Waals surface area contributed by atoms with Crippen LogP contribution >= 0.6 is 17.2 Å². The fraction of sp³-hybridized carbons (Fsp3) is 0.455. The predicted octanol–water partition coefficient (Wildman–Crippen LogP) is 9.28. The van der Waals surface area contributed by atoms with E-state index in [-0.39, 0.29) is 35.2 Å². The summed E-state index contributed by atoms with van der Waals surface area (Å²) in [7, 11) is 5.26. The van der Waals surface area contributed by atoms with Gasteiger partial charge in [-0.15, -0.1) is 9.24 Å². The molecular weight excluding hydrogens is 686 g/mol. The van der Waals surface area contributed by atoms with Gasteiger partial charge in [0.1, 0.15) is 11.5 Å². The molecule has 1 unspecified atom stereocenters. The number of hydrogen-bond donors (Lipinski definition) is 0. The lowest BCUT2D eigenvalue weighted by Crippen LogP contribution is -2.30. The van der Waals surface area contributed by atoms with Crippen molar-refractivity contribution in [3.05, 3.63) is 70.8 Å². The third-order valence-corrected chi connectivity index (χ3v) is 12.8. The van der Waals surface area contributed by atoms with E-state index in [1.807, 2.05) is 6.07 Å². The van der Waals surface area contributed by atoms with E-state index in [1.165, 1.54) is 32.9 Å². The Labute approximate surface area is 314 Å². The van der Waals surface area contributed by atoms with Crippen molar-refractivity contribution in [2.45, 2.75) is 105 Å². The minimum absolute atomic E-state index is 0.151. The Kier molecular flexibility index (Phi) is 9.89. The molecule has 2 heterocycles. The highest BCUT2D eigenvalue weighted by atomic mass is 31.1. The van der Waals surface area contributed by atoms with Crippen molar-refractivity contribution in [2.24, 2.45) is 0 Å².